The van der Waals surface area contributed by atoms with Crippen LogP contribution in [0.1, 0.15) is 10.4 Å². The topological polar surface area (TPSA) is 74.0 Å². The molecule has 1 amide bonds. The van der Waals surface area contributed by atoms with E-state index in [-0.39, 0.29) is 17.0 Å². The summed E-state index contributed by atoms with van der Waals surface area (Å²) in [6, 6.07) is 9.06. The number of fused-ring (bicyclic) bond motifs is 1. The number of para-hydroxylation sites is 1. The van der Waals surface area contributed by atoms with Crippen LogP contribution in [0.2, 0.25) is 0 Å². The van der Waals surface area contributed by atoms with Crippen LogP contribution in [0.15, 0.2) is 35.1 Å². The molecule has 98 valence electrons. The molecule has 1 saturated heterocycles. The van der Waals surface area contributed by atoms with Crippen molar-refractivity contribution in [3.8, 4) is 0 Å². The second kappa shape index (κ2) is 4.85. The quantitative estimate of drug-likeness (QED) is 0.748. The molecule has 1 aromatic carbocycles. The van der Waals surface area contributed by atoms with Crippen molar-refractivity contribution < 1.29 is 4.79 Å². The van der Waals surface area contributed by atoms with Crippen molar-refractivity contribution in [1.29, 1.82) is 0 Å². The lowest BCUT2D eigenvalue weighted by atomic mass is 10.0. The third-order valence-corrected chi connectivity index (χ3v) is 3.42. The summed E-state index contributed by atoms with van der Waals surface area (Å²) in [4.78, 5) is 26.6. The van der Waals surface area contributed by atoms with E-state index in [0.717, 1.165) is 24.0 Å². The highest BCUT2D eigenvalue weighted by Gasteiger charge is 2.18. The fraction of sp³-hybridized carbons (Fsp3) is 0.286. The molecule has 2 heterocycles. The van der Waals surface area contributed by atoms with Gasteiger partial charge in [-0.25, -0.2) is 0 Å². The Hall–Kier alpha value is -2.14. The maximum atomic E-state index is 12.0. The van der Waals surface area contributed by atoms with Crippen molar-refractivity contribution in [3.63, 3.8) is 0 Å². The molecule has 2 aromatic rings. The van der Waals surface area contributed by atoms with E-state index in [9.17, 15) is 9.59 Å². The summed E-state index contributed by atoms with van der Waals surface area (Å²) in [5.74, 6) is 0.169. The number of aromatic nitrogens is 1. The number of nitrogens with one attached hydrogen (secondary N) is 3. The van der Waals surface area contributed by atoms with E-state index in [1.165, 1.54) is 0 Å². The summed E-state index contributed by atoms with van der Waals surface area (Å²) < 4.78 is 0. The van der Waals surface area contributed by atoms with Gasteiger partial charge in [0.25, 0.3) is 11.5 Å². The summed E-state index contributed by atoms with van der Waals surface area (Å²) in [5.41, 5.74) is 0.571. The Labute approximate surface area is 110 Å². The van der Waals surface area contributed by atoms with Crippen LogP contribution in [-0.2, 0) is 0 Å². The SMILES string of the molecule is O=C(NCC1CNC1)c1cc2ccccc2[nH]c1=O. The summed E-state index contributed by atoms with van der Waals surface area (Å²) in [7, 11) is 0. The summed E-state index contributed by atoms with van der Waals surface area (Å²) in [6.07, 6.45) is 0. The fourth-order valence-corrected chi connectivity index (χ4v) is 2.14. The minimum atomic E-state index is -0.345. The first-order valence-electron chi connectivity index (χ1n) is 6.35. The van der Waals surface area contributed by atoms with Crippen LogP contribution in [0.4, 0.5) is 0 Å². The van der Waals surface area contributed by atoms with Crippen molar-refractivity contribution in [2.75, 3.05) is 19.6 Å². The number of pyridine rings is 1. The summed E-state index contributed by atoms with van der Waals surface area (Å²) in [6.45, 7) is 2.46. The molecule has 3 rings (SSSR count). The number of aromatic amines is 1. The van der Waals surface area contributed by atoms with Gasteiger partial charge in [0.15, 0.2) is 0 Å². The smallest absolute Gasteiger partial charge is 0.261 e. The Balaban J connectivity index is 1.84. The molecule has 5 heteroatoms. The number of rotatable bonds is 3. The van der Waals surface area contributed by atoms with Gasteiger partial charge in [0.2, 0.25) is 0 Å². The number of amides is 1. The molecule has 0 atom stereocenters. The highest BCUT2D eigenvalue weighted by atomic mass is 16.2. The maximum absolute atomic E-state index is 12.0. The third-order valence-electron chi connectivity index (χ3n) is 3.42. The van der Waals surface area contributed by atoms with Gasteiger partial charge in [0.05, 0.1) is 0 Å². The zero-order valence-corrected chi connectivity index (χ0v) is 10.4. The van der Waals surface area contributed by atoms with Gasteiger partial charge in [0.1, 0.15) is 5.56 Å². The third kappa shape index (κ3) is 2.37. The Morgan fingerprint density at radius 1 is 1.32 bits per heavy atom. The first-order chi connectivity index (χ1) is 9.24. The van der Waals surface area contributed by atoms with Gasteiger partial charge in [-0.05, 0) is 17.5 Å². The van der Waals surface area contributed by atoms with E-state index in [1.807, 2.05) is 24.3 Å². The van der Waals surface area contributed by atoms with Crippen LogP contribution in [-0.4, -0.2) is 30.5 Å². The predicted octanol–water partition coefficient (Wildman–Crippen LogP) is 0.477. The van der Waals surface area contributed by atoms with Crippen LogP contribution in [0.25, 0.3) is 10.9 Å². The number of H-pyrrole nitrogens is 1. The first-order valence-corrected chi connectivity index (χ1v) is 6.35. The molecule has 19 heavy (non-hydrogen) atoms. The minimum absolute atomic E-state index is 0.172. The number of carbonyl (C=O) groups excluding carboxylic acids is 1. The van der Waals surface area contributed by atoms with Gasteiger partial charge < -0.3 is 15.6 Å². The molecule has 0 saturated carbocycles. The van der Waals surface area contributed by atoms with Crippen molar-refractivity contribution in [3.05, 3.63) is 46.2 Å². The predicted molar refractivity (Wildman–Crippen MR) is 73.3 cm³/mol. The van der Waals surface area contributed by atoms with Crippen LogP contribution in [0, 0.1) is 5.92 Å². The molecule has 0 unspecified atom stereocenters. The number of hydrogen-bond donors (Lipinski definition) is 3. The first kappa shape index (κ1) is 11.9. The average Bonchev–Trinajstić information content (AvgIpc) is 2.36. The molecule has 0 aliphatic carbocycles. The van der Waals surface area contributed by atoms with E-state index < -0.39 is 0 Å². The van der Waals surface area contributed by atoms with Gasteiger partial charge in [-0.1, -0.05) is 18.2 Å². The molecule has 0 bridgehead atoms. The Morgan fingerprint density at radius 3 is 2.84 bits per heavy atom. The van der Waals surface area contributed by atoms with Crippen molar-refractivity contribution in [2.45, 2.75) is 0 Å². The maximum Gasteiger partial charge on any atom is 0.261 e. The molecule has 1 aliphatic heterocycles. The Morgan fingerprint density at radius 2 is 2.11 bits per heavy atom. The molecule has 0 spiro atoms. The number of carbonyl (C=O) groups is 1. The van der Waals surface area contributed by atoms with E-state index in [2.05, 4.69) is 15.6 Å². The second-order valence-electron chi connectivity index (χ2n) is 4.83. The van der Waals surface area contributed by atoms with E-state index in [4.69, 9.17) is 0 Å². The Bertz CT molecular complexity index is 674. The van der Waals surface area contributed by atoms with Gasteiger partial charge in [-0.2, -0.15) is 0 Å². The normalized spacial score (nSPS) is 15.2. The van der Waals surface area contributed by atoms with Gasteiger partial charge in [-0.3, -0.25) is 9.59 Å². The van der Waals surface area contributed by atoms with Crippen LogP contribution in [0.3, 0.4) is 0 Å². The molecule has 3 N–H and O–H groups in total. The Kier molecular flexibility index (Phi) is 3.05. The number of hydrogen-bond acceptors (Lipinski definition) is 3. The van der Waals surface area contributed by atoms with Crippen molar-refractivity contribution in [2.24, 2.45) is 5.92 Å². The van der Waals surface area contributed by atoms with E-state index >= 15 is 0 Å². The highest BCUT2D eigenvalue weighted by molar-refractivity contribution is 5.97. The molecule has 0 radical (unpaired) electrons. The number of benzene rings is 1. The van der Waals surface area contributed by atoms with Crippen LogP contribution < -0.4 is 16.2 Å². The lowest BCUT2D eigenvalue weighted by Crippen LogP contribution is -2.48. The monoisotopic (exact) mass is 257 g/mol. The molecule has 1 aliphatic rings. The average molecular weight is 257 g/mol. The van der Waals surface area contributed by atoms with E-state index in [0.29, 0.717) is 12.5 Å². The molecule has 5 nitrogen and oxygen atoms in total. The lowest BCUT2D eigenvalue weighted by Gasteiger charge is -2.26. The minimum Gasteiger partial charge on any atom is -0.351 e. The van der Waals surface area contributed by atoms with Crippen LogP contribution in [0.5, 0.6) is 0 Å². The van der Waals surface area contributed by atoms with Crippen molar-refractivity contribution >= 4 is 16.8 Å². The fourth-order valence-electron chi connectivity index (χ4n) is 2.14. The van der Waals surface area contributed by atoms with Gasteiger partial charge in [-0.15, -0.1) is 0 Å². The zero-order chi connectivity index (χ0) is 13.2. The molecule has 1 aromatic heterocycles. The van der Waals surface area contributed by atoms with Crippen molar-refractivity contribution in [1.82, 2.24) is 15.6 Å². The zero-order valence-electron chi connectivity index (χ0n) is 10.4. The van der Waals surface area contributed by atoms with Gasteiger partial charge >= 0.3 is 0 Å². The van der Waals surface area contributed by atoms with E-state index in [1.54, 1.807) is 6.07 Å². The molecular formula is C14H15N3O2. The van der Waals surface area contributed by atoms with Gasteiger partial charge in [0, 0.05) is 31.1 Å². The highest BCUT2D eigenvalue weighted by Crippen LogP contribution is 2.10. The standard InChI is InChI=1S/C14H15N3O2/c18-13(16-8-9-6-15-7-9)11-5-10-3-1-2-4-12(10)17-14(11)19/h1-5,9,15H,6-8H2,(H,16,18)(H,17,19). The summed E-state index contributed by atoms with van der Waals surface area (Å²) >= 11 is 0. The largest absolute Gasteiger partial charge is 0.351 e. The lowest BCUT2D eigenvalue weighted by molar-refractivity contribution is 0.0941. The summed E-state index contributed by atoms with van der Waals surface area (Å²) in [5, 5.41) is 6.81. The second-order valence-corrected chi connectivity index (χ2v) is 4.83. The molecular weight excluding hydrogens is 242 g/mol. The van der Waals surface area contributed by atoms with Crippen LogP contribution >= 0.6 is 0 Å². The molecule has 1 fully saturated rings.